The van der Waals surface area contributed by atoms with E-state index in [4.69, 9.17) is 9.47 Å². The van der Waals surface area contributed by atoms with E-state index in [-0.39, 0.29) is 30.6 Å². The van der Waals surface area contributed by atoms with Gasteiger partial charge in [-0.2, -0.15) is 0 Å². The van der Waals surface area contributed by atoms with Gasteiger partial charge in [0.1, 0.15) is 12.2 Å². The van der Waals surface area contributed by atoms with Gasteiger partial charge in [-0.25, -0.2) is 0 Å². The molecule has 12 heteroatoms. The molecule has 312 valence electrons. The van der Waals surface area contributed by atoms with Crippen LogP contribution in [0.1, 0.15) is 45.7 Å². The molecule has 9 heterocycles. The van der Waals surface area contributed by atoms with Crippen molar-refractivity contribution < 1.29 is 29.3 Å². The van der Waals surface area contributed by atoms with E-state index in [1.165, 1.54) is 21.8 Å². The van der Waals surface area contributed by atoms with Crippen molar-refractivity contribution in [1.29, 1.82) is 0 Å². The van der Waals surface area contributed by atoms with Crippen LogP contribution in [0.3, 0.4) is 0 Å². The third kappa shape index (κ3) is 4.58. The fraction of sp³-hybridized carbons (Fsp3) is 0.255. The zero-order valence-corrected chi connectivity index (χ0v) is 34.6. The molecule has 15 rings (SSSR count). The average Bonchev–Trinajstić information content (AvgIpc) is 4.15. The van der Waals surface area contributed by atoms with Crippen molar-refractivity contribution in [2.24, 2.45) is 0 Å². The third-order valence-electron chi connectivity index (χ3n) is 14.5. The highest BCUT2D eigenvalue weighted by Gasteiger charge is 2.44. The Bertz CT molecular complexity index is 3740. The molecule has 63 heavy (non-hydrogen) atoms. The summed E-state index contributed by atoms with van der Waals surface area (Å²) in [5.74, 6) is -0.653. The predicted octanol–water partition coefficient (Wildman–Crippen LogP) is 7.56. The number of carbonyl (C=O) groups is 2. The second-order valence-corrected chi connectivity index (χ2v) is 18.3. The number of aromatic nitrogens is 4. The summed E-state index contributed by atoms with van der Waals surface area (Å²) in [7, 11) is 0. The monoisotopic (exact) mass is 834 g/mol. The molecule has 4 aromatic heterocycles. The van der Waals surface area contributed by atoms with E-state index in [9.17, 15) is 19.8 Å². The summed E-state index contributed by atoms with van der Waals surface area (Å²) in [4.78, 5) is 26.2. The molecule has 2 amide bonds. The first-order valence-corrected chi connectivity index (χ1v) is 21.9. The number of amides is 2. The minimum absolute atomic E-state index is 0.0214. The van der Waals surface area contributed by atoms with Crippen molar-refractivity contribution in [1.82, 2.24) is 28.9 Å². The first-order chi connectivity index (χ1) is 30.7. The summed E-state index contributed by atoms with van der Waals surface area (Å²) < 4.78 is 21.8. The Balaban J connectivity index is 0.000000123. The van der Waals surface area contributed by atoms with Crippen molar-refractivity contribution in [3.05, 3.63) is 119 Å². The van der Waals surface area contributed by atoms with E-state index in [1.54, 1.807) is 0 Å². The molecule has 12 nitrogen and oxygen atoms in total. The number of benzene rings is 6. The molecule has 5 aliphatic heterocycles. The summed E-state index contributed by atoms with van der Waals surface area (Å²) in [6.07, 6.45) is -1.93. The van der Waals surface area contributed by atoms with Crippen LogP contribution in [0.2, 0.25) is 0 Å². The first-order valence-electron chi connectivity index (χ1n) is 21.9. The molecule has 0 unspecified atom stereocenters. The van der Waals surface area contributed by atoms with Gasteiger partial charge in [-0.3, -0.25) is 9.59 Å². The lowest BCUT2D eigenvalue weighted by molar-refractivity contribution is -0.147. The maximum absolute atomic E-state index is 13.2. The molecular formula is C51H42N6O6. The van der Waals surface area contributed by atoms with Crippen molar-refractivity contribution >= 4 is 99.0 Å². The largest absolute Gasteiger partial charge is 0.388 e. The van der Waals surface area contributed by atoms with Crippen molar-refractivity contribution in [3.63, 3.8) is 0 Å². The molecule has 4 N–H and O–H groups in total. The van der Waals surface area contributed by atoms with Gasteiger partial charge in [-0.05, 0) is 49.2 Å². The molecule has 0 saturated carbocycles. The summed E-state index contributed by atoms with van der Waals surface area (Å²) in [5.41, 5.74) is 12.3. The van der Waals surface area contributed by atoms with Gasteiger partial charge in [0, 0.05) is 78.2 Å². The highest BCUT2D eigenvalue weighted by molar-refractivity contribution is 6.32. The van der Waals surface area contributed by atoms with Crippen LogP contribution in [0.25, 0.3) is 87.2 Å². The van der Waals surface area contributed by atoms with E-state index < -0.39 is 18.0 Å². The topological polar surface area (TPSA) is 137 Å². The van der Waals surface area contributed by atoms with E-state index in [0.717, 1.165) is 94.2 Å². The highest BCUT2D eigenvalue weighted by Crippen LogP contribution is 2.48. The number of carbonyl (C=O) groups excluding carboxylic acids is 2. The minimum Gasteiger partial charge on any atom is -0.388 e. The summed E-state index contributed by atoms with van der Waals surface area (Å²) >= 11 is 0. The smallest absolute Gasteiger partial charge is 0.252 e. The van der Waals surface area contributed by atoms with Gasteiger partial charge in [0.2, 0.25) is 0 Å². The van der Waals surface area contributed by atoms with E-state index in [0.29, 0.717) is 26.2 Å². The zero-order valence-electron chi connectivity index (χ0n) is 34.6. The number of ether oxygens (including phenoxy) is 2. The average molecular weight is 835 g/mol. The lowest BCUT2D eigenvalue weighted by Crippen LogP contribution is -2.35. The second kappa shape index (κ2) is 12.3. The van der Waals surface area contributed by atoms with Gasteiger partial charge in [0.05, 0.1) is 71.6 Å². The molecule has 5 aliphatic rings. The second-order valence-electron chi connectivity index (χ2n) is 18.3. The van der Waals surface area contributed by atoms with Crippen LogP contribution in [0.4, 0.5) is 0 Å². The minimum atomic E-state index is -0.907. The molecule has 1 saturated heterocycles. The number of rotatable bonds is 0. The first kappa shape index (κ1) is 35.9. The molecule has 4 atom stereocenters. The Morgan fingerprint density at radius 3 is 1.19 bits per heavy atom. The van der Waals surface area contributed by atoms with Crippen LogP contribution >= 0.6 is 0 Å². The predicted molar refractivity (Wildman–Crippen MR) is 243 cm³/mol. The lowest BCUT2D eigenvalue weighted by Gasteiger charge is -2.24. The Labute approximate surface area is 358 Å². The summed E-state index contributed by atoms with van der Waals surface area (Å²) in [5, 5.41) is 36.4. The van der Waals surface area contributed by atoms with Gasteiger partial charge < -0.3 is 48.6 Å². The van der Waals surface area contributed by atoms with Crippen LogP contribution < -0.4 is 10.6 Å². The fourth-order valence-corrected chi connectivity index (χ4v) is 12.2. The number of nitrogens with one attached hydrogen (secondary N) is 2. The number of hydrogen-bond donors (Lipinski definition) is 4. The number of fused-ring (bicyclic) bond motifs is 19. The molecule has 0 radical (unpaired) electrons. The van der Waals surface area contributed by atoms with E-state index in [2.05, 4.69) is 83.5 Å². The van der Waals surface area contributed by atoms with Crippen LogP contribution in [0.5, 0.6) is 0 Å². The number of para-hydroxylation sites is 4. The summed E-state index contributed by atoms with van der Waals surface area (Å²) in [6.45, 7) is 7.05. The number of aliphatic hydroxyl groups excluding tert-OH is 2. The van der Waals surface area contributed by atoms with Crippen molar-refractivity contribution in [2.45, 2.75) is 83.3 Å². The Kier molecular flexibility index (Phi) is 6.98. The quantitative estimate of drug-likeness (QED) is 0.125. The number of hydrogen-bond acceptors (Lipinski definition) is 6. The van der Waals surface area contributed by atoms with E-state index >= 15 is 0 Å². The molecule has 0 spiro atoms. The van der Waals surface area contributed by atoms with E-state index in [1.807, 2.05) is 56.3 Å². The Hall–Kier alpha value is -6.70. The van der Waals surface area contributed by atoms with Crippen LogP contribution in [-0.4, -0.2) is 70.5 Å². The zero-order chi connectivity index (χ0) is 42.2. The highest BCUT2D eigenvalue weighted by atomic mass is 16.8. The van der Waals surface area contributed by atoms with Crippen molar-refractivity contribution in [3.8, 4) is 0 Å². The summed E-state index contributed by atoms with van der Waals surface area (Å²) in [6, 6.07) is 33.1. The number of nitrogens with zero attached hydrogens (tertiary/aromatic N) is 4. The van der Waals surface area contributed by atoms with Crippen LogP contribution in [-0.2, 0) is 48.7 Å². The van der Waals surface area contributed by atoms with Crippen LogP contribution in [0, 0.1) is 0 Å². The molecule has 0 bridgehead atoms. The molecule has 0 aliphatic carbocycles. The Morgan fingerprint density at radius 2 is 0.810 bits per heavy atom. The number of aliphatic hydroxyl groups is 2. The maximum Gasteiger partial charge on any atom is 0.252 e. The van der Waals surface area contributed by atoms with Gasteiger partial charge >= 0.3 is 0 Å². The molecule has 6 aromatic carbocycles. The third-order valence-corrected chi connectivity index (χ3v) is 14.5. The van der Waals surface area contributed by atoms with Gasteiger partial charge in [0.25, 0.3) is 11.8 Å². The van der Waals surface area contributed by atoms with Gasteiger partial charge in [0.15, 0.2) is 5.79 Å². The molecule has 1 fully saturated rings. The van der Waals surface area contributed by atoms with Gasteiger partial charge in [-0.15, -0.1) is 0 Å². The van der Waals surface area contributed by atoms with Crippen LogP contribution in [0.15, 0.2) is 97.1 Å². The maximum atomic E-state index is 13.2. The van der Waals surface area contributed by atoms with Gasteiger partial charge in [-0.1, -0.05) is 72.8 Å². The molecular weight excluding hydrogens is 793 g/mol. The van der Waals surface area contributed by atoms with Crippen molar-refractivity contribution in [2.75, 3.05) is 0 Å². The lowest BCUT2D eigenvalue weighted by atomic mass is 9.97. The Morgan fingerprint density at radius 1 is 0.492 bits per heavy atom. The normalized spacial score (nSPS) is 22.2. The SMILES string of the molecule is CC1(C)O[C@@H]2Cn3c4ccccc4c4c5c(c6c7ccccc7n(c6c43)C[C@H]2O1)C(=O)NC5.O=C1NCc2c1c1c3ccccc3n3c1c1c2c2ccccc2n1C[C@@H](O)[C@H](O)C3. The fourth-order valence-electron chi connectivity index (χ4n) is 12.2. The molecule has 10 aromatic rings. The standard InChI is InChI=1S/C27H23N3O3.C24H19N3O3/c1-27(2)32-19-12-29-17-9-5-3-7-14(17)21-16-11-28-26(31)23(16)22-15-8-4-6-10-18(15)30(13-20(19)33-27)25(22)24(21)29;28-17-10-26-15-7-3-1-5-12(15)19-14-9-25-24(30)21(14)20-13-6-2-4-8-16(13)27(11-18(17)29)23(20)22(19)26/h3-10,19-20H,11-13H2,1-2H3,(H,28,31);1-8,17-18,28-29H,9-11H2,(H,25,30)/t19-,20-;17-,18-/m11/s1.